The fourth-order valence-electron chi connectivity index (χ4n) is 3.64. The second kappa shape index (κ2) is 11.7. The van der Waals surface area contributed by atoms with E-state index in [0.29, 0.717) is 28.6 Å². The first-order valence-corrected chi connectivity index (χ1v) is 12.2. The summed E-state index contributed by atoms with van der Waals surface area (Å²) in [4.78, 5) is 6.46. The second-order valence-corrected chi connectivity index (χ2v) is 10.2. The number of hydrogen-bond acceptors (Lipinski definition) is 4. The van der Waals surface area contributed by atoms with Gasteiger partial charge in [0.25, 0.3) is 0 Å². The Hall–Kier alpha value is -1.89. The molecule has 1 aromatic carbocycles. The molecule has 1 fully saturated rings. The first-order chi connectivity index (χ1) is 15.9. The molecule has 7 heteroatoms. The highest BCUT2D eigenvalue weighted by Gasteiger charge is 2.49. The number of rotatable bonds is 13. The van der Waals surface area contributed by atoms with E-state index in [1.165, 1.54) is 21.0 Å². The number of hydrogen-bond donors (Lipinski definition) is 1. The topological polar surface area (TPSA) is 54.3 Å². The summed E-state index contributed by atoms with van der Waals surface area (Å²) in [5.41, 5.74) is -1.99. The number of alkyl halides is 1. The van der Waals surface area contributed by atoms with E-state index in [2.05, 4.69) is 4.99 Å². The third-order valence-electron chi connectivity index (χ3n) is 6.62. The monoisotopic (exact) mass is 494 g/mol. The van der Waals surface area contributed by atoms with Gasteiger partial charge >= 0.3 is 0 Å². The summed E-state index contributed by atoms with van der Waals surface area (Å²) in [6, 6.07) is 3.48. The van der Waals surface area contributed by atoms with Gasteiger partial charge in [-0.15, -0.1) is 0 Å². The third kappa shape index (κ3) is 7.06. The van der Waals surface area contributed by atoms with E-state index in [9.17, 15) is 5.11 Å². The Morgan fingerprint density at radius 1 is 1.35 bits per heavy atom. The number of halogens is 2. The number of aliphatic imine (C=N–C) groups is 1. The van der Waals surface area contributed by atoms with Crippen LogP contribution in [-0.4, -0.2) is 55.9 Å². The van der Waals surface area contributed by atoms with Crippen molar-refractivity contribution in [3.05, 3.63) is 46.5 Å². The van der Waals surface area contributed by atoms with Gasteiger partial charge in [-0.05, 0) is 77.0 Å². The number of methoxy groups -OCH3 is 1. The van der Waals surface area contributed by atoms with E-state index in [-0.39, 0.29) is 12.0 Å². The molecule has 1 saturated carbocycles. The summed E-state index contributed by atoms with van der Waals surface area (Å²) < 4.78 is 27.0. The van der Waals surface area contributed by atoms with Crippen LogP contribution in [0, 0.1) is 12.3 Å². The summed E-state index contributed by atoms with van der Waals surface area (Å²) in [7, 11) is 3.44. The first-order valence-electron chi connectivity index (χ1n) is 11.8. The number of aryl methyl sites for hydroxylation is 1. The van der Waals surface area contributed by atoms with Gasteiger partial charge in [-0.25, -0.2) is 9.38 Å². The molecule has 2 rings (SSSR count). The minimum atomic E-state index is -1.98. The summed E-state index contributed by atoms with van der Waals surface area (Å²) >= 11 is 6.04. The van der Waals surface area contributed by atoms with Gasteiger partial charge in [0.2, 0.25) is 0 Å². The van der Waals surface area contributed by atoms with E-state index in [1.807, 2.05) is 50.9 Å². The van der Waals surface area contributed by atoms with Gasteiger partial charge < -0.3 is 19.5 Å². The molecular weight excluding hydrogens is 455 g/mol. The predicted octanol–water partition coefficient (Wildman–Crippen LogP) is 6.44. The van der Waals surface area contributed by atoms with Crippen LogP contribution in [-0.2, 0) is 10.3 Å². The maximum atomic E-state index is 15.5. The zero-order chi connectivity index (χ0) is 25.6. The maximum absolute atomic E-state index is 15.5. The van der Waals surface area contributed by atoms with Crippen LogP contribution in [0.25, 0.3) is 0 Å². The molecule has 0 amide bonds. The zero-order valence-electron chi connectivity index (χ0n) is 21.6. The number of aliphatic hydroxyl groups is 1. The molecule has 0 aliphatic heterocycles. The van der Waals surface area contributed by atoms with Gasteiger partial charge in [0, 0.05) is 30.3 Å². The summed E-state index contributed by atoms with van der Waals surface area (Å²) in [5.74, 6) is 0.374. The molecule has 0 spiro atoms. The van der Waals surface area contributed by atoms with Crippen molar-refractivity contribution in [1.82, 2.24) is 4.90 Å². The summed E-state index contributed by atoms with van der Waals surface area (Å²) in [5, 5.41) is 12.3. The van der Waals surface area contributed by atoms with Crippen molar-refractivity contribution in [3.63, 3.8) is 0 Å². The fraction of sp³-hybridized carbons (Fsp3) is 0.593. The standard InChI is InChI=1S/C27H40ClFN2O3/c1-8-21(28)11-10-12-26(13-14-26)17-34-18-27(32,25(4,5)29)22-15-20(3)23(16-24(22)33-7)30-19-31(6)9-2/h8,10-11,15-16,19,32H,9,12-14,17-18H2,1-7H3/b11-10-,21-8+,30-19+. The van der Waals surface area contributed by atoms with Crippen LogP contribution in [0.4, 0.5) is 10.1 Å². The normalized spacial score (nSPS) is 17.9. The van der Waals surface area contributed by atoms with Crippen LogP contribution in [0.15, 0.2) is 40.4 Å². The van der Waals surface area contributed by atoms with Crippen LogP contribution in [0.2, 0.25) is 0 Å². The minimum absolute atomic E-state index is 0.0205. The van der Waals surface area contributed by atoms with Crippen molar-refractivity contribution in [1.29, 1.82) is 0 Å². The van der Waals surface area contributed by atoms with Crippen LogP contribution in [0.1, 0.15) is 58.1 Å². The van der Waals surface area contributed by atoms with Gasteiger partial charge in [0.05, 0.1) is 32.3 Å². The molecule has 1 N–H and O–H groups in total. The van der Waals surface area contributed by atoms with E-state index in [1.54, 1.807) is 18.5 Å². The molecule has 1 aliphatic rings. The Kier molecular flexibility index (Phi) is 9.75. The molecule has 1 atom stereocenters. The molecule has 190 valence electrons. The summed E-state index contributed by atoms with van der Waals surface area (Å²) in [6.45, 7) is 9.61. The van der Waals surface area contributed by atoms with E-state index < -0.39 is 11.3 Å². The largest absolute Gasteiger partial charge is 0.496 e. The Balaban J connectivity index is 2.25. The van der Waals surface area contributed by atoms with Crippen LogP contribution in [0.5, 0.6) is 5.75 Å². The first kappa shape index (κ1) is 28.3. The number of benzene rings is 1. The van der Waals surface area contributed by atoms with Crippen molar-refractivity contribution < 1.29 is 19.0 Å². The molecule has 0 saturated heterocycles. The van der Waals surface area contributed by atoms with Crippen molar-refractivity contribution >= 4 is 23.6 Å². The highest BCUT2D eigenvalue weighted by molar-refractivity contribution is 6.31. The maximum Gasteiger partial charge on any atom is 0.150 e. The minimum Gasteiger partial charge on any atom is -0.496 e. The molecule has 5 nitrogen and oxygen atoms in total. The number of allylic oxidation sites excluding steroid dienone is 4. The van der Waals surface area contributed by atoms with E-state index in [4.69, 9.17) is 21.1 Å². The Labute approximate surface area is 209 Å². The molecule has 1 aromatic rings. The van der Waals surface area contributed by atoms with E-state index in [0.717, 1.165) is 31.4 Å². The molecule has 0 radical (unpaired) electrons. The average molecular weight is 495 g/mol. The lowest BCUT2D eigenvalue weighted by atomic mass is 9.80. The third-order valence-corrected chi connectivity index (χ3v) is 6.96. The average Bonchev–Trinajstić information content (AvgIpc) is 3.56. The van der Waals surface area contributed by atoms with Gasteiger partial charge in [-0.3, -0.25) is 0 Å². The smallest absolute Gasteiger partial charge is 0.150 e. The highest BCUT2D eigenvalue weighted by Crippen LogP contribution is 2.50. The van der Waals surface area contributed by atoms with Crippen molar-refractivity contribution in [3.8, 4) is 5.75 Å². The lowest BCUT2D eigenvalue weighted by molar-refractivity contribution is -0.142. The Bertz CT molecular complexity index is 919. The van der Waals surface area contributed by atoms with E-state index >= 15 is 4.39 Å². The van der Waals surface area contributed by atoms with Crippen LogP contribution < -0.4 is 4.74 Å². The molecule has 34 heavy (non-hydrogen) atoms. The predicted molar refractivity (Wildman–Crippen MR) is 139 cm³/mol. The molecule has 0 aromatic heterocycles. The van der Waals surface area contributed by atoms with Crippen LogP contribution in [0.3, 0.4) is 0 Å². The van der Waals surface area contributed by atoms with Gasteiger partial charge in [-0.2, -0.15) is 0 Å². The Morgan fingerprint density at radius 3 is 2.56 bits per heavy atom. The fourth-order valence-corrected chi connectivity index (χ4v) is 3.73. The Morgan fingerprint density at radius 2 is 2.03 bits per heavy atom. The summed E-state index contributed by atoms with van der Waals surface area (Å²) in [6.07, 6.45) is 10.4. The SMILES string of the molecule is C/C=C(Cl)\C=C/CC1(COCC(O)(c2cc(C)c(/N=C/N(C)CC)cc2OC)C(C)(C)F)CC1. The molecule has 1 unspecified atom stereocenters. The molecule has 0 bridgehead atoms. The quantitative estimate of drug-likeness (QED) is 0.195. The lowest BCUT2D eigenvalue weighted by Crippen LogP contribution is -2.48. The zero-order valence-corrected chi connectivity index (χ0v) is 22.4. The molecular formula is C27H40ClFN2O3. The van der Waals surface area contributed by atoms with Crippen molar-refractivity contribution in [2.24, 2.45) is 10.4 Å². The number of ether oxygens (including phenoxy) is 2. The number of nitrogens with zero attached hydrogens (tertiary/aromatic N) is 2. The van der Waals surface area contributed by atoms with Gasteiger partial charge in [0.15, 0.2) is 0 Å². The molecule has 0 heterocycles. The van der Waals surface area contributed by atoms with Crippen molar-refractivity contribution in [2.75, 3.05) is 33.9 Å². The van der Waals surface area contributed by atoms with Crippen LogP contribution >= 0.6 is 11.6 Å². The van der Waals surface area contributed by atoms with Crippen molar-refractivity contribution in [2.45, 2.75) is 65.2 Å². The highest BCUT2D eigenvalue weighted by atomic mass is 35.5. The van der Waals surface area contributed by atoms with Gasteiger partial charge in [-0.1, -0.05) is 23.8 Å². The molecule has 1 aliphatic carbocycles. The lowest BCUT2D eigenvalue weighted by Gasteiger charge is -2.38. The second-order valence-electron chi connectivity index (χ2n) is 9.76. The van der Waals surface area contributed by atoms with Gasteiger partial charge in [0.1, 0.15) is 17.0 Å².